The number of ketones is 1. The standard InChI is InChI=1S/C51H58Cl2N6O6.ClH/c1-34-46(61)26-40(33-60)51(64)56(3)43(25-36-12-17-41(52)18-13-36)31-55(2)50(63)39(24-35-10-6-5-7-11-35)27-49(62)59(34)30-38-14-19-42(53)28-47(38)65-44-20-15-37(16-21-44)45-29-54-48(57(45)4)32-58-22-8-9-23-58;/h5-7,10-21,28-29,34,39-40,43,60H,8-9,22-27,30-33H2,1-4H3;1H/t34-,39+,40-,43+;/m0./s1. The Morgan fingerprint density at radius 2 is 1.42 bits per heavy atom. The Kier molecular flexibility index (Phi) is 17.5. The molecule has 2 aliphatic heterocycles. The summed E-state index contributed by atoms with van der Waals surface area (Å²) in [7, 11) is 5.36. The summed E-state index contributed by atoms with van der Waals surface area (Å²) >= 11 is 12.7. The SMILES string of the molecule is C[C@H]1C(=O)C[C@@H](CO)C(=O)N(C)[C@H](Cc2ccc(Cl)cc2)CN(C)C(=O)[C@H](Cc2ccccc2)CC(=O)N1Cc1ccc(Cl)cc1Oc1ccc(-c2cnc(CN3CCCC3)n2C)cc1.Cl. The number of carbonyl (C=O) groups excluding carboxylic acids is 4. The highest BCUT2D eigenvalue weighted by Crippen LogP contribution is 2.33. The first-order chi connectivity index (χ1) is 31.3. The smallest absolute Gasteiger partial charge is 0.228 e. The molecule has 4 aromatic carbocycles. The number of likely N-dealkylation sites (N-methyl/N-ethyl adjacent to an activating group) is 2. The first-order valence-corrected chi connectivity index (χ1v) is 23.1. The van der Waals surface area contributed by atoms with Crippen molar-refractivity contribution in [3.63, 3.8) is 0 Å². The van der Waals surface area contributed by atoms with Crippen LogP contribution in [0.15, 0.2) is 103 Å². The highest BCUT2D eigenvalue weighted by Gasteiger charge is 2.37. The van der Waals surface area contributed by atoms with Crippen molar-refractivity contribution in [2.45, 2.75) is 70.6 Å². The maximum Gasteiger partial charge on any atom is 0.228 e. The molecule has 0 unspecified atom stereocenters. The number of hydrogen-bond donors (Lipinski definition) is 1. The van der Waals surface area contributed by atoms with Gasteiger partial charge in [0.1, 0.15) is 17.3 Å². The lowest BCUT2D eigenvalue weighted by molar-refractivity contribution is -0.148. The summed E-state index contributed by atoms with van der Waals surface area (Å²) in [5, 5.41) is 11.6. The van der Waals surface area contributed by atoms with Gasteiger partial charge in [-0.2, -0.15) is 0 Å². The van der Waals surface area contributed by atoms with Crippen molar-refractivity contribution >= 4 is 59.1 Å². The normalized spacial score (nSPS) is 20.4. The van der Waals surface area contributed by atoms with Gasteiger partial charge in [-0.25, -0.2) is 4.98 Å². The van der Waals surface area contributed by atoms with Crippen LogP contribution in [-0.4, -0.2) is 110 Å². The van der Waals surface area contributed by atoms with Gasteiger partial charge >= 0.3 is 0 Å². The van der Waals surface area contributed by atoms with E-state index in [9.17, 15) is 24.3 Å². The number of Topliss-reactive ketones (excluding diaryl/α,β-unsaturated/α-hetero) is 1. The minimum absolute atomic E-state index is 0. The lowest BCUT2D eigenvalue weighted by Gasteiger charge is -2.36. The molecule has 3 heterocycles. The minimum Gasteiger partial charge on any atom is -0.457 e. The van der Waals surface area contributed by atoms with E-state index in [-0.39, 0.29) is 50.7 Å². The van der Waals surface area contributed by atoms with Crippen molar-refractivity contribution in [1.29, 1.82) is 0 Å². The number of aromatic nitrogens is 2. The zero-order chi connectivity index (χ0) is 46.2. The number of amides is 3. The fraction of sp³-hybridized carbons (Fsp3) is 0.392. The number of nitrogens with zero attached hydrogens (tertiary/aromatic N) is 6. The molecule has 0 radical (unpaired) electrons. The van der Waals surface area contributed by atoms with E-state index in [1.54, 1.807) is 56.3 Å². The van der Waals surface area contributed by atoms with E-state index in [1.807, 2.05) is 80.0 Å². The molecule has 12 nitrogen and oxygen atoms in total. The molecule has 5 aromatic rings. The van der Waals surface area contributed by atoms with E-state index in [1.165, 1.54) is 22.6 Å². The second-order valence-corrected chi connectivity index (χ2v) is 18.3. The molecule has 0 aliphatic carbocycles. The molecule has 2 fully saturated rings. The molecule has 0 bridgehead atoms. The van der Waals surface area contributed by atoms with Gasteiger partial charge in [-0.15, -0.1) is 12.4 Å². The van der Waals surface area contributed by atoms with Gasteiger partial charge in [0.05, 0.1) is 55.5 Å². The van der Waals surface area contributed by atoms with Crippen LogP contribution in [0, 0.1) is 11.8 Å². The molecule has 3 amide bonds. The molecular formula is C51H59Cl3N6O6. The van der Waals surface area contributed by atoms with Gasteiger partial charge in [-0.3, -0.25) is 24.1 Å². The van der Waals surface area contributed by atoms with Crippen LogP contribution < -0.4 is 4.74 Å². The summed E-state index contributed by atoms with van der Waals surface area (Å²) in [6.45, 7) is 4.11. The predicted molar refractivity (Wildman–Crippen MR) is 260 cm³/mol. The van der Waals surface area contributed by atoms with Gasteiger partial charge in [0.2, 0.25) is 17.7 Å². The molecule has 2 saturated heterocycles. The van der Waals surface area contributed by atoms with Crippen molar-refractivity contribution in [1.82, 2.24) is 29.2 Å². The molecule has 7 rings (SSSR count). The molecule has 4 atom stereocenters. The summed E-state index contributed by atoms with van der Waals surface area (Å²) in [5.41, 5.74) is 4.31. The third-order valence-corrected chi connectivity index (χ3v) is 13.4. The third-order valence-electron chi connectivity index (χ3n) is 12.9. The Labute approximate surface area is 403 Å². The summed E-state index contributed by atoms with van der Waals surface area (Å²) in [6, 6.07) is 28.1. The second-order valence-electron chi connectivity index (χ2n) is 17.5. The monoisotopic (exact) mass is 956 g/mol. The molecule has 15 heteroatoms. The van der Waals surface area contributed by atoms with E-state index < -0.39 is 48.1 Å². The predicted octanol–water partition coefficient (Wildman–Crippen LogP) is 8.28. The number of aliphatic hydroxyl groups is 1. The summed E-state index contributed by atoms with van der Waals surface area (Å²) in [6.07, 6.45) is 4.50. The Morgan fingerprint density at radius 1 is 0.758 bits per heavy atom. The number of hydrogen-bond acceptors (Lipinski definition) is 8. The third kappa shape index (κ3) is 12.4. The fourth-order valence-corrected chi connectivity index (χ4v) is 9.18. The molecule has 66 heavy (non-hydrogen) atoms. The van der Waals surface area contributed by atoms with Crippen LogP contribution in [0.4, 0.5) is 0 Å². The van der Waals surface area contributed by atoms with E-state index in [0.717, 1.165) is 47.8 Å². The van der Waals surface area contributed by atoms with Crippen LogP contribution in [0.3, 0.4) is 0 Å². The van der Waals surface area contributed by atoms with Crippen molar-refractivity contribution < 1.29 is 29.0 Å². The van der Waals surface area contributed by atoms with Gasteiger partial charge in [0.15, 0.2) is 5.78 Å². The molecule has 2 aliphatic rings. The highest BCUT2D eigenvalue weighted by molar-refractivity contribution is 6.31. The summed E-state index contributed by atoms with van der Waals surface area (Å²) < 4.78 is 8.60. The van der Waals surface area contributed by atoms with Crippen LogP contribution in [-0.2, 0) is 52.2 Å². The number of halogens is 3. The molecule has 0 saturated carbocycles. The largest absolute Gasteiger partial charge is 0.457 e. The van der Waals surface area contributed by atoms with Crippen LogP contribution >= 0.6 is 35.6 Å². The van der Waals surface area contributed by atoms with Gasteiger partial charge in [-0.05, 0) is 105 Å². The minimum atomic E-state index is -1.07. The van der Waals surface area contributed by atoms with Gasteiger partial charge in [0, 0.05) is 61.7 Å². The first-order valence-electron chi connectivity index (χ1n) is 22.3. The maximum absolute atomic E-state index is 14.8. The fourth-order valence-electron chi connectivity index (χ4n) is 8.90. The van der Waals surface area contributed by atoms with Gasteiger partial charge in [0.25, 0.3) is 0 Å². The summed E-state index contributed by atoms with van der Waals surface area (Å²) in [4.78, 5) is 69.6. The lowest BCUT2D eigenvalue weighted by Crippen LogP contribution is -2.52. The highest BCUT2D eigenvalue weighted by atomic mass is 35.5. The van der Waals surface area contributed by atoms with E-state index in [2.05, 4.69) is 9.47 Å². The topological polar surface area (TPSA) is 129 Å². The van der Waals surface area contributed by atoms with Crippen LogP contribution in [0.1, 0.15) is 55.1 Å². The number of likely N-dealkylation sites (tertiary alicyclic amines) is 1. The zero-order valence-corrected chi connectivity index (χ0v) is 40.3. The average molecular weight is 958 g/mol. The quantitative estimate of drug-likeness (QED) is 0.132. The van der Waals surface area contributed by atoms with Crippen molar-refractivity contribution in [2.75, 3.05) is 40.3 Å². The zero-order valence-electron chi connectivity index (χ0n) is 37.9. The van der Waals surface area contributed by atoms with E-state index >= 15 is 0 Å². The van der Waals surface area contributed by atoms with Crippen LogP contribution in [0.5, 0.6) is 11.5 Å². The van der Waals surface area contributed by atoms with Crippen molar-refractivity contribution in [3.05, 3.63) is 136 Å². The number of imidazole rings is 1. The van der Waals surface area contributed by atoms with Crippen molar-refractivity contribution in [3.8, 4) is 22.8 Å². The Balaban J connectivity index is 0.00000720. The molecule has 1 N–H and O–H groups in total. The number of benzene rings is 4. The molecule has 350 valence electrons. The number of carbonyl (C=O) groups is 4. The lowest BCUT2D eigenvalue weighted by atomic mass is 9.91. The Hall–Kier alpha value is -5.24. The Morgan fingerprint density at radius 3 is 2.11 bits per heavy atom. The number of aliphatic hydroxyl groups excluding tert-OH is 1. The van der Waals surface area contributed by atoms with Crippen LogP contribution in [0.2, 0.25) is 10.0 Å². The second kappa shape index (κ2) is 23.0. The maximum atomic E-state index is 14.8. The van der Waals surface area contributed by atoms with E-state index in [0.29, 0.717) is 33.5 Å². The first kappa shape index (κ1) is 50.2. The van der Waals surface area contributed by atoms with Crippen molar-refractivity contribution in [2.24, 2.45) is 18.9 Å². The van der Waals surface area contributed by atoms with E-state index in [4.69, 9.17) is 32.9 Å². The molecule has 1 aromatic heterocycles. The average Bonchev–Trinajstić information content (AvgIpc) is 3.96. The van der Waals surface area contributed by atoms with Gasteiger partial charge in [-0.1, -0.05) is 71.7 Å². The van der Waals surface area contributed by atoms with Gasteiger partial charge < -0.3 is 29.1 Å². The summed E-state index contributed by atoms with van der Waals surface area (Å²) in [5.74, 6) is -1.47. The Bertz CT molecular complexity index is 2440. The molecular weight excluding hydrogens is 899 g/mol. The molecule has 0 spiro atoms. The number of ether oxygens (including phenoxy) is 1. The van der Waals surface area contributed by atoms with Crippen LogP contribution in [0.25, 0.3) is 11.3 Å². The number of rotatable bonds is 12.